The molecule has 0 aromatic heterocycles. The van der Waals surface area contributed by atoms with Crippen LogP contribution in [0.5, 0.6) is 5.75 Å². The first kappa shape index (κ1) is 30.0. The lowest BCUT2D eigenvalue weighted by Crippen LogP contribution is -2.60. The van der Waals surface area contributed by atoms with Gasteiger partial charge in [-0.1, -0.05) is 45.8 Å². The van der Waals surface area contributed by atoms with Crippen molar-refractivity contribution in [1.29, 1.82) is 0 Å². The van der Waals surface area contributed by atoms with E-state index < -0.39 is 51.1 Å². The second-order valence-corrected chi connectivity index (χ2v) is 13.0. The molecule has 0 spiro atoms. The number of carbonyl (C=O) groups is 5. The number of aliphatic hydroxyl groups excluding tert-OH is 1. The first-order chi connectivity index (χ1) is 20.5. The van der Waals surface area contributed by atoms with Crippen LogP contribution in [0.15, 0.2) is 60.2 Å². The van der Waals surface area contributed by atoms with Gasteiger partial charge in [0, 0.05) is 17.0 Å². The average Bonchev–Trinajstić information content (AvgIpc) is 3.34. The third-order valence-corrected chi connectivity index (χ3v) is 11.0. The third-order valence-electron chi connectivity index (χ3n) is 9.13. The van der Waals surface area contributed by atoms with Gasteiger partial charge in [-0.25, -0.2) is 0 Å². The van der Waals surface area contributed by atoms with Crippen LogP contribution < -0.4 is 9.64 Å². The Morgan fingerprint density at radius 3 is 2.37 bits per heavy atom. The molecule has 12 heteroatoms. The highest BCUT2D eigenvalue weighted by Crippen LogP contribution is 2.66. The summed E-state index contributed by atoms with van der Waals surface area (Å²) in [4.78, 5) is 65.6. The van der Waals surface area contributed by atoms with Crippen LogP contribution in [0.2, 0.25) is 0 Å². The molecular formula is C31H27BrCl2N2O7. The molecule has 4 aliphatic rings. The molecule has 6 atom stereocenters. The van der Waals surface area contributed by atoms with Gasteiger partial charge < -0.3 is 9.84 Å². The molecule has 6 rings (SSSR count). The summed E-state index contributed by atoms with van der Waals surface area (Å²) in [5.74, 6) is -5.21. The monoisotopic (exact) mass is 688 g/mol. The second kappa shape index (κ2) is 10.8. The summed E-state index contributed by atoms with van der Waals surface area (Å²) < 4.78 is 5.84. The number of fused-ring (bicyclic) bond motifs is 4. The summed E-state index contributed by atoms with van der Waals surface area (Å²) in [7, 11) is 0. The molecule has 2 aliphatic heterocycles. The number of ether oxygens (including phenoxy) is 1. The smallest absolute Gasteiger partial charge is 0.254 e. The fraction of sp³-hybridized carbons (Fsp3) is 0.387. The van der Waals surface area contributed by atoms with E-state index in [1.807, 2.05) is 6.08 Å². The Hall–Kier alpha value is -3.05. The second-order valence-electron chi connectivity index (χ2n) is 11.2. The molecule has 224 valence electrons. The van der Waals surface area contributed by atoms with Crippen LogP contribution in [0, 0.1) is 17.8 Å². The molecular weight excluding hydrogens is 663 g/mol. The minimum absolute atomic E-state index is 0.0248. The number of nitrogens with zero attached hydrogens (tertiary/aromatic N) is 2. The zero-order valence-electron chi connectivity index (χ0n) is 23.0. The van der Waals surface area contributed by atoms with Gasteiger partial charge in [0.25, 0.3) is 11.8 Å². The number of para-hydroxylation sites is 1. The van der Waals surface area contributed by atoms with E-state index in [-0.39, 0.29) is 43.2 Å². The molecule has 1 N–H and O–H groups in total. The van der Waals surface area contributed by atoms with Crippen molar-refractivity contribution in [3.63, 3.8) is 0 Å². The van der Waals surface area contributed by atoms with Crippen LogP contribution in [-0.4, -0.2) is 67.8 Å². The maximum atomic E-state index is 14.1. The van der Waals surface area contributed by atoms with Gasteiger partial charge in [-0.3, -0.25) is 33.8 Å². The van der Waals surface area contributed by atoms with Gasteiger partial charge in [0.2, 0.25) is 11.8 Å². The maximum absolute atomic E-state index is 14.1. The number of Topliss-reactive ketones (excluding diaryl/α,β-unsaturated/α-hetero) is 1. The number of likely N-dealkylation sites (tertiary alicyclic amines) is 1. The summed E-state index contributed by atoms with van der Waals surface area (Å²) in [5.41, 5.74) is 1.79. The highest BCUT2D eigenvalue weighted by atomic mass is 79.9. The number of imide groups is 2. The molecule has 2 heterocycles. The van der Waals surface area contributed by atoms with E-state index in [1.54, 1.807) is 48.5 Å². The van der Waals surface area contributed by atoms with E-state index in [2.05, 4.69) is 15.9 Å². The van der Waals surface area contributed by atoms with Gasteiger partial charge in [-0.15, -0.1) is 23.2 Å². The van der Waals surface area contributed by atoms with Gasteiger partial charge in [0.1, 0.15) is 12.4 Å². The van der Waals surface area contributed by atoms with Crippen molar-refractivity contribution < 1.29 is 33.8 Å². The molecule has 9 nitrogen and oxygen atoms in total. The minimum atomic E-state index is -1.96. The van der Waals surface area contributed by atoms with Gasteiger partial charge in [0.05, 0.1) is 29.6 Å². The Balaban J connectivity index is 1.49. The van der Waals surface area contributed by atoms with Crippen molar-refractivity contribution in [1.82, 2.24) is 4.90 Å². The number of hydrogen-bond donors (Lipinski definition) is 1. The van der Waals surface area contributed by atoms with Crippen molar-refractivity contribution in [2.45, 2.75) is 35.4 Å². The van der Waals surface area contributed by atoms with E-state index in [9.17, 15) is 29.1 Å². The zero-order valence-corrected chi connectivity index (χ0v) is 26.1. The molecule has 2 aromatic carbocycles. The van der Waals surface area contributed by atoms with E-state index in [1.165, 1.54) is 6.92 Å². The number of alkyl halides is 3. The predicted molar refractivity (Wildman–Crippen MR) is 161 cm³/mol. The number of rotatable bonds is 7. The number of ketones is 1. The molecule has 43 heavy (non-hydrogen) atoms. The maximum Gasteiger partial charge on any atom is 0.254 e. The zero-order chi connectivity index (χ0) is 30.8. The topological polar surface area (TPSA) is 121 Å². The number of benzene rings is 2. The normalized spacial score (nSPS) is 31.5. The molecule has 0 bridgehead atoms. The summed E-state index contributed by atoms with van der Waals surface area (Å²) in [6.07, 6.45) is 1.93. The summed E-state index contributed by atoms with van der Waals surface area (Å²) in [5, 5.41) is 9.43. The molecule has 3 fully saturated rings. The molecule has 1 saturated carbocycles. The van der Waals surface area contributed by atoms with Gasteiger partial charge >= 0.3 is 0 Å². The molecule has 2 aromatic rings. The fourth-order valence-corrected chi connectivity index (χ4v) is 8.62. The van der Waals surface area contributed by atoms with E-state index >= 15 is 0 Å². The SMILES string of the molecule is CC(=O)c1ccc(N2C(=O)[C@H]3[C@H](CC=C4[C@H]3C[C@@]3(Cl)C(=O)N(CBr)C(=O)[C@@]3(Cl)[C@H]4c3ccccc3OCCO)C2=O)cc1. The predicted octanol–water partition coefficient (Wildman–Crippen LogP) is 4.18. The quantitative estimate of drug-likeness (QED) is 0.152. The van der Waals surface area contributed by atoms with Crippen molar-refractivity contribution in [2.24, 2.45) is 17.8 Å². The van der Waals surface area contributed by atoms with Crippen molar-refractivity contribution >= 4 is 74.2 Å². The number of carbonyl (C=O) groups excluding carboxylic acids is 5. The van der Waals surface area contributed by atoms with Crippen molar-refractivity contribution in [3.05, 3.63) is 71.3 Å². The summed E-state index contributed by atoms with van der Waals surface area (Å²) in [6.45, 7) is 1.15. The highest BCUT2D eigenvalue weighted by molar-refractivity contribution is 9.09. The molecule has 0 radical (unpaired) electrons. The Morgan fingerprint density at radius 2 is 1.72 bits per heavy atom. The average molecular weight is 690 g/mol. The van der Waals surface area contributed by atoms with E-state index in [0.29, 0.717) is 28.1 Å². The lowest BCUT2D eigenvalue weighted by molar-refractivity contribution is -0.138. The Morgan fingerprint density at radius 1 is 1.02 bits per heavy atom. The van der Waals surface area contributed by atoms with Crippen LogP contribution in [0.3, 0.4) is 0 Å². The molecule has 2 aliphatic carbocycles. The first-order valence-corrected chi connectivity index (χ1v) is 15.7. The standard InChI is InChI=1S/C31H27BrCl2N2O7/c1-16(38)17-6-8-18(9-7-17)36-26(39)21-11-10-19-22(24(21)27(36)40)14-30(33)28(41)35(15-32)29(42)31(30,34)25(19)20-4-2-3-5-23(20)43-13-12-37/h2-10,21-22,24-25,37H,11-15H2,1H3/t21-,22+,24-,25+,30+,31-/m0/s1. The van der Waals surface area contributed by atoms with Crippen LogP contribution >= 0.6 is 39.1 Å². The number of allylic oxidation sites excluding steroid dienone is 2. The number of anilines is 1. The van der Waals surface area contributed by atoms with Crippen LogP contribution in [-0.2, 0) is 19.2 Å². The van der Waals surface area contributed by atoms with Crippen LogP contribution in [0.1, 0.15) is 41.6 Å². The van der Waals surface area contributed by atoms with E-state index in [4.69, 9.17) is 27.9 Å². The van der Waals surface area contributed by atoms with Gasteiger partial charge in [-0.2, -0.15) is 0 Å². The lowest BCUT2D eigenvalue weighted by atomic mass is 9.56. The fourth-order valence-electron chi connectivity index (χ4n) is 7.20. The largest absolute Gasteiger partial charge is 0.491 e. The van der Waals surface area contributed by atoms with Crippen molar-refractivity contribution in [3.8, 4) is 5.75 Å². The van der Waals surface area contributed by atoms with Crippen LogP contribution in [0.25, 0.3) is 0 Å². The lowest BCUT2D eigenvalue weighted by Gasteiger charge is -2.51. The number of halogens is 3. The summed E-state index contributed by atoms with van der Waals surface area (Å²) >= 11 is 17.8. The Labute approximate surface area is 265 Å². The summed E-state index contributed by atoms with van der Waals surface area (Å²) in [6, 6.07) is 13.1. The van der Waals surface area contributed by atoms with E-state index in [0.717, 1.165) is 9.80 Å². The third kappa shape index (κ3) is 4.17. The number of aliphatic hydroxyl groups is 1. The molecule has 4 amide bonds. The van der Waals surface area contributed by atoms with Gasteiger partial charge in [0.15, 0.2) is 15.5 Å². The number of hydrogen-bond acceptors (Lipinski definition) is 7. The highest BCUT2D eigenvalue weighted by Gasteiger charge is 2.76. The first-order valence-electron chi connectivity index (χ1n) is 13.8. The Bertz CT molecular complexity index is 1600. The molecule has 2 saturated heterocycles. The van der Waals surface area contributed by atoms with Gasteiger partial charge in [-0.05, 0) is 56.0 Å². The Kier molecular flexibility index (Phi) is 7.56. The van der Waals surface area contributed by atoms with Crippen LogP contribution in [0.4, 0.5) is 5.69 Å². The minimum Gasteiger partial charge on any atom is -0.491 e. The van der Waals surface area contributed by atoms with Crippen molar-refractivity contribution in [2.75, 3.05) is 23.6 Å². The number of amides is 4. The molecule has 0 unspecified atom stereocenters.